The summed E-state index contributed by atoms with van der Waals surface area (Å²) in [6.07, 6.45) is 3.44. The molecule has 0 atom stereocenters. The smallest absolute Gasteiger partial charge is 0.241 e. The number of carbonyl (C=O) groups excluding carboxylic acids is 1. The maximum atomic E-state index is 12.2. The SMILES string of the molecule is CCNC(=NCc1ccc(OC)cc1)NCC(=O)N1CCCCC1. The van der Waals surface area contributed by atoms with E-state index in [1.165, 1.54) is 6.42 Å². The van der Waals surface area contributed by atoms with Gasteiger partial charge in [0, 0.05) is 19.6 Å². The number of hydrogen-bond acceptors (Lipinski definition) is 3. The Kier molecular flexibility index (Phi) is 7.39. The lowest BCUT2D eigenvalue weighted by Gasteiger charge is -2.27. The molecule has 1 saturated heterocycles. The Hall–Kier alpha value is -2.24. The van der Waals surface area contributed by atoms with E-state index in [2.05, 4.69) is 15.6 Å². The van der Waals surface area contributed by atoms with Crippen molar-refractivity contribution in [2.24, 2.45) is 4.99 Å². The molecule has 1 aromatic rings. The third-order valence-corrected chi connectivity index (χ3v) is 4.04. The van der Waals surface area contributed by atoms with Crippen molar-refractivity contribution in [3.8, 4) is 5.75 Å². The number of ether oxygens (including phenoxy) is 1. The number of aliphatic imine (C=N–C) groups is 1. The van der Waals surface area contributed by atoms with Crippen LogP contribution in [0.15, 0.2) is 29.3 Å². The minimum Gasteiger partial charge on any atom is -0.497 e. The largest absolute Gasteiger partial charge is 0.497 e. The van der Waals surface area contributed by atoms with Crippen molar-refractivity contribution in [1.29, 1.82) is 0 Å². The fourth-order valence-corrected chi connectivity index (χ4v) is 2.66. The molecule has 2 N–H and O–H groups in total. The number of rotatable bonds is 6. The summed E-state index contributed by atoms with van der Waals surface area (Å²) >= 11 is 0. The quantitative estimate of drug-likeness (QED) is 0.615. The predicted octanol–water partition coefficient (Wildman–Crippen LogP) is 1.76. The molecule has 6 nitrogen and oxygen atoms in total. The third kappa shape index (κ3) is 5.76. The summed E-state index contributed by atoms with van der Waals surface area (Å²) in [5, 5.41) is 6.31. The first kappa shape index (κ1) is 18.1. The van der Waals surface area contributed by atoms with Crippen molar-refractivity contribution in [3.05, 3.63) is 29.8 Å². The number of hydrogen-bond donors (Lipinski definition) is 2. The van der Waals surface area contributed by atoms with Crippen LogP contribution in [0.5, 0.6) is 5.75 Å². The van der Waals surface area contributed by atoms with Crippen LogP contribution in [-0.2, 0) is 11.3 Å². The monoisotopic (exact) mass is 332 g/mol. The Balaban J connectivity index is 1.86. The molecule has 0 radical (unpaired) electrons. The number of carbonyl (C=O) groups is 1. The molecule has 24 heavy (non-hydrogen) atoms. The Labute approximate surface area is 144 Å². The van der Waals surface area contributed by atoms with Gasteiger partial charge in [-0.3, -0.25) is 4.79 Å². The van der Waals surface area contributed by atoms with Gasteiger partial charge < -0.3 is 20.3 Å². The average Bonchev–Trinajstić information content (AvgIpc) is 2.65. The van der Waals surface area contributed by atoms with Crippen LogP contribution in [0, 0.1) is 0 Å². The van der Waals surface area contributed by atoms with E-state index in [1.807, 2.05) is 36.1 Å². The highest BCUT2D eigenvalue weighted by atomic mass is 16.5. The lowest BCUT2D eigenvalue weighted by Crippen LogP contribution is -2.46. The van der Waals surface area contributed by atoms with Crippen LogP contribution in [0.1, 0.15) is 31.7 Å². The van der Waals surface area contributed by atoms with Crippen LogP contribution in [0.25, 0.3) is 0 Å². The van der Waals surface area contributed by atoms with Gasteiger partial charge in [0.05, 0.1) is 20.2 Å². The fourth-order valence-electron chi connectivity index (χ4n) is 2.66. The molecule has 1 heterocycles. The first-order valence-electron chi connectivity index (χ1n) is 8.66. The van der Waals surface area contributed by atoms with E-state index in [-0.39, 0.29) is 12.5 Å². The summed E-state index contributed by atoms with van der Waals surface area (Å²) < 4.78 is 5.15. The Morgan fingerprint density at radius 1 is 1.17 bits per heavy atom. The minimum atomic E-state index is 0.143. The van der Waals surface area contributed by atoms with E-state index < -0.39 is 0 Å². The van der Waals surface area contributed by atoms with Gasteiger partial charge in [-0.25, -0.2) is 4.99 Å². The van der Waals surface area contributed by atoms with E-state index in [1.54, 1.807) is 7.11 Å². The average molecular weight is 332 g/mol. The van der Waals surface area contributed by atoms with Gasteiger partial charge >= 0.3 is 0 Å². The number of likely N-dealkylation sites (tertiary alicyclic amines) is 1. The van der Waals surface area contributed by atoms with Gasteiger partial charge in [-0.05, 0) is 43.9 Å². The molecule has 0 spiro atoms. The number of nitrogens with one attached hydrogen (secondary N) is 2. The van der Waals surface area contributed by atoms with Crippen LogP contribution < -0.4 is 15.4 Å². The summed E-state index contributed by atoms with van der Waals surface area (Å²) in [7, 11) is 1.65. The molecular weight excluding hydrogens is 304 g/mol. The summed E-state index contributed by atoms with van der Waals surface area (Å²) in [6, 6.07) is 7.83. The molecule has 1 aromatic carbocycles. The van der Waals surface area contributed by atoms with Crippen molar-refractivity contribution < 1.29 is 9.53 Å². The van der Waals surface area contributed by atoms with Gasteiger partial charge in [0.2, 0.25) is 5.91 Å². The van der Waals surface area contributed by atoms with E-state index in [9.17, 15) is 4.79 Å². The third-order valence-electron chi connectivity index (χ3n) is 4.04. The zero-order chi connectivity index (χ0) is 17.2. The zero-order valence-corrected chi connectivity index (χ0v) is 14.7. The standard InChI is InChI=1S/C18H28N4O2/c1-3-19-18(20-13-15-7-9-16(24-2)10-8-15)21-14-17(23)22-11-5-4-6-12-22/h7-10H,3-6,11-14H2,1-2H3,(H2,19,20,21). The van der Waals surface area contributed by atoms with E-state index in [4.69, 9.17) is 4.74 Å². The number of benzene rings is 1. The molecule has 1 amide bonds. The van der Waals surface area contributed by atoms with Crippen LogP contribution in [0.4, 0.5) is 0 Å². The summed E-state index contributed by atoms with van der Waals surface area (Å²) in [6.45, 7) is 5.36. The summed E-state index contributed by atoms with van der Waals surface area (Å²) in [5.41, 5.74) is 1.09. The second kappa shape index (κ2) is 9.80. The van der Waals surface area contributed by atoms with Crippen molar-refractivity contribution in [3.63, 3.8) is 0 Å². The van der Waals surface area contributed by atoms with E-state index in [0.717, 1.165) is 43.8 Å². The minimum absolute atomic E-state index is 0.143. The Morgan fingerprint density at radius 3 is 2.50 bits per heavy atom. The predicted molar refractivity (Wildman–Crippen MR) is 96.2 cm³/mol. The number of amides is 1. The molecule has 132 valence electrons. The molecule has 1 aliphatic rings. The second-order valence-electron chi connectivity index (χ2n) is 5.84. The normalized spacial score (nSPS) is 15.1. The molecular formula is C18H28N4O2. The molecule has 0 aliphatic carbocycles. The van der Waals surface area contributed by atoms with Gasteiger partial charge in [0.15, 0.2) is 5.96 Å². The Morgan fingerprint density at radius 2 is 1.88 bits per heavy atom. The van der Waals surface area contributed by atoms with Crippen molar-refractivity contribution in [2.45, 2.75) is 32.7 Å². The zero-order valence-electron chi connectivity index (χ0n) is 14.7. The maximum absolute atomic E-state index is 12.2. The van der Waals surface area contributed by atoms with Gasteiger partial charge in [-0.1, -0.05) is 12.1 Å². The molecule has 0 saturated carbocycles. The highest BCUT2D eigenvalue weighted by Gasteiger charge is 2.16. The van der Waals surface area contributed by atoms with Gasteiger partial charge in [-0.15, -0.1) is 0 Å². The van der Waals surface area contributed by atoms with E-state index >= 15 is 0 Å². The maximum Gasteiger partial charge on any atom is 0.241 e. The molecule has 1 aliphatic heterocycles. The van der Waals surface area contributed by atoms with Crippen molar-refractivity contribution in [2.75, 3.05) is 33.3 Å². The number of methoxy groups -OCH3 is 1. The van der Waals surface area contributed by atoms with Gasteiger partial charge in [0.1, 0.15) is 5.75 Å². The molecule has 1 fully saturated rings. The van der Waals surface area contributed by atoms with Gasteiger partial charge in [0.25, 0.3) is 0 Å². The molecule has 0 unspecified atom stereocenters. The number of guanidine groups is 1. The van der Waals surface area contributed by atoms with Crippen LogP contribution in [0.3, 0.4) is 0 Å². The van der Waals surface area contributed by atoms with Crippen molar-refractivity contribution in [1.82, 2.24) is 15.5 Å². The summed E-state index contributed by atoms with van der Waals surface area (Å²) in [5.74, 6) is 1.64. The number of piperidine rings is 1. The van der Waals surface area contributed by atoms with Crippen LogP contribution in [0.2, 0.25) is 0 Å². The molecule has 0 aromatic heterocycles. The lowest BCUT2D eigenvalue weighted by atomic mass is 10.1. The van der Waals surface area contributed by atoms with E-state index in [0.29, 0.717) is 12.5 Å². The highest BCUT2D eigenvalue weighted by Crippen LogP contribution is 2.12. The van der Waals surface area contributed by atoms with Crippen molar-refractivity contribution >= 4 is 11.9 Å². The van der Waals surface area contributed by atoms with Crippen LogP contribution >= 0.6 is 0 Å². The second-order valence-corrected chi connectivity index (χ2v) is 5.84. The first-order valence-corrected chi connectivity index (χ1v) is 8.66. The topological polar surface area (TPSA) is 66.0 Å². The fraction of sp³-hybridized carbons (Fsp3) is 0.556. The first-order chi connectivity index (χ1) is 11.7. The summed E-state index contributed by atoms with van der Waals surface area (Å²) in [4.78, 5) is 18.7. The molecule has 0 bridgehead atoms. The lowest BCUT2D eigenvalue weighted by molar-refractivity contribution is -0.130. The number of nitrogens with zero attached hydrogens (tertiary/aromatic N) is 2. The molecule has 6 heteroatoms. The highest BCUT2D eigenvalue weighted by molar-refractivity contribution is 5.86. The molecule has 2 rings (SSSR count). The van der Waals surface area contributed by atoms with Crippen LogP contribution in [-0.4, -0.2) is 50.1 Å². The Bertz CT molecular complexity index is 536. The van der Waals surface area contributed by atoms with Gasteiger partial charge in [-0.2, -0.15) is 0 Å².